The molecule has 4 nitrogen and oxygen atoms in total. The van der Waals surface area contributed by atoms with Crippen LogP contribution in [0.25, 0.3) is 0 Å². The van der Waals surface area contributed by atoms with Crippen LogP contribution in [-0.2, 0) is 11.3 Å². The van der Waals surface area contributed by atoms with Gasteiger partial charge in [-0.1, -0.05) is 0 Å². The lowest BCUT2D eigenvalue weighted by Gasteiger charge is -2.32. The van der Waals surface area contributed by atoms with Crippen molar-refractivity contribution in [2.45, 2.75) is 19.5 Å². The van der Waals surface area contributed by atoms with E-state index in [9.17, 15) is 4.79 Å². The van der Waals surface area contributed by atoms with Crippen LogP contribution in [0.1, 0.15) is 11.8 Å². The second-order valence-electron chi connectivity index (χ2n) is 5.13. The molecule has 1 amide bonds. The van der Waals surface area contributed by atoms with E-state index in [1.807, 2.05) is 18.3 Å². The molecule has 0 aliphatic carbocycles. The lowest BCUT2D eigenvalue weighted by atomic mass is 10.2. The van der Waals surface area contributed by atoms with Gasteiger partial charge in [0.1, 0.15) is 32.7 Å². The molecule has 0 unspecified atom stereocenters. The molecule has 2 rings (SSSR count). The minimum atomic E-state index is 0.0717. The quantitative estimate of drug-likeness (QED) is 0.637. The third kappa shape index (κ3) is 4.02. The summed E-state index contributed by atoms with van der Waals surface area (Å²) in [5.41, 5.74) is 0. The average Bonchev–Trinajstić information content (AvgIpc) is 2.83. The molecule has 0 aromatic carbocycles. The van der Waals surface area contributed by atoms with E-state index in [1.54, 1.807) is 11.9 Å². The number of rotatable bonds is 4. The van der Waals surface area contributed by atoms with Crippen molar-refractivity contribution in [2.75, 3.05) is 33.2 Å². The van der Waals surface area contributed by atoms with Crippen molar-refractivity contribution >= 4 is 33.2 Å². The van der Waals surface area contributed by atoms with E-state index in [0.717, 1.165) is 32.7 Å². The molecule has 0 radical (unpaired) electrons. The highest BCUT2D eigenvalue weighted by Gasteiger charge is 2.30. The molecule has 2 heterocycles. The first kappa shape index (κ1) is 15.0. The number of piperazine rings is 1. The minimum Gasteiger partial charge on any atom is -0.354 e. The molecule has 1 aliphatic heterocycles. The number of hydrogen-bond donors (Lipinski definition) is 3. The largest absolute Gasteiger partial charge is 0.354 e. The predicted molar refractivity (Wildman–Crippen MR) is 80.6 cm³/mol. The van der Waals surface area contributed by atoms with Crippen LogP contribution in [0.15, 0.2) is 15.9 Å². The molecule has 3 N–H and O–H groups in total. The van der Waals surface area contributed by atoms with Crippen LogP contribution in [0, 0.1) is 0 Å². The summed E-state index contributed by atoms with van der Waals surface area (Å²) in [7, 11) is 1.72. The Kier molecular flexibility index (Phi) is 5.38. The Bertz CT molecular complexity index is 429. The average molecular weight is 348 g/mol. The Morgan fingerprint density at radius 3 is 2.63 bits per heavy atom. The van der Waals surface area contributed by atoms with Gasteiger partial charge < -0.3 is 15.1 Å². The van der Waals surface area contributed by atoms with Gasteiger partial charge in [0.15, 0.2) is 6.04 Å². The topological polar surface area (TPSA) is 38.0 Å². The van der Waals surface area contributed by atoms with E-state index >= 15 is 0 Å². The molecule has 106 valence electrons. The zero-order valence-electron chi connectivity index (χ0n) is 11.5. The summed E-state index contributed by atoms with van der Waals surface area (Å²) in [4.78, 5) is 16.1. The van der Waals surface area contributed by atoms with Gasteiger partial charge in [-0.2, -0.15) is 0 Å². The second-order valence-corrected chi connectivity index (χ2v) is 7.67. The van der Waals surface area contributed by atoms with Crippen molar-refractivity contribution < 1.29 is 14.6 Å². The summed E-state index contributed by atoms with van der Waals surface area (Å²) in [6.45, 7) is 7.58. The normalized spacial score (nSPS) is 25.0. The number of carbonyl (C=O) groups is 1. The molecule has 1 atom stereocenters. The first-order valence-electron chi connectivity index (χ1n) is 6.74. The van der Waals surface area contributed by atoms with Gasteiger partial charge in [0.05, 0.1) is 8.66 Å². The minimum absolute atomic E-state index is 0.0717. The Hall–Kier alpha value is -0.430. The molecule has 1 aromatic rings. The molecular weight excluding hydrogens is 326 g/mol. The number of hydrogen-bond acceptors (Lipinski definition) is 2. The zero-order valence-corrected chi connectivity index (χ0v) is 13.9. The highest BCUT2D eigenvalue weighted by Crippen LogP contribution is 2.21. The van der Waals surface area contributed by atoms with E-state index in [2.05, 4.69) is 33.4 Å². The summed E-state index contributed by atoms with van der Waals surface area (Å²) in [6, 6.07) is 4.39. The van der Waals surface area contributed by atoms with Crippen molar-refractivity contribution in [3.8, 4) is 0 Å². The Morgan fingerprint density at radius 2 is 2.11 bits per heavy atom. The summed E-state index contributed by atoms with van der Waals surface area (Å²) < 4.78 is 1.21. The van der Waals surface area contributed by atoms with Crippen LogP contribution < -0.4 is 15.1 Å². The van der Waals surface area contributed by atoms with Crippen molar-refractivity contribution in [2.24, 2.45) is 0 Å². The number of amides is 1. The monoisotopic (exact) mass is 347 g/mol. The number of likely N-dealkylation sites (N-methyl/N-ethyl adjacent to an activating group) is 1. The molecule has 19 heavy (non-hydrogen) atoms. The summed E-state index contributed by atoms with van der Waals surface area (Å²) in [5.74, 6) is 0.153. The highest BCUT2D eigenvalue weighted by molar-refractivity contribution is 9.11. The van der Waals surface area contributed by atoms with Crippen molar-refractivity contribution in [1.29, 1.82) is 0 Å². The fourth-order valence-electron chi connectivity index (χ4n) is 2.63. The maximum absolute atomic E-state index is 11.6. The molecule has 0 saturated carbocycles. The maximum atomic E-state index is 11.6. The Labute approximate surface area is 126 Å². The molecule has 1 aromatic heterocycles. The Balaban J connectivity index is 1.80. The van der Waals surface area contributed by atoms with Crippen LogP contribution in [0.3, 0.4) is 0 Å². The van der Waals surface area contributed by atoms with Crippen molar-refractivity contribution in [3.63, 3.8) is 0 Å². The fraction of sp³-hybridized carbons (Fsp3) is 0.615. The third-order valence-electron chi connectivity index (χ3n) is 3.90. The van der Waals surface area contributed by atoms with Crippen molar-refractivity contribution in [3.05, 3.63) is 20.8 Å². The van der Waals surface area contributed by atoms with E-state index in [1.165, 1.54) is 13.6 Å². The van der Waals surface area contributed by atoms with E-state index in [-0.39, 0.29) is 11.9 Å². The van der Waals surface area contributed by atoms with Crippen LogP contribution in [-0.4, -0.2) is 45.2 Å². The van der Waals surface area contributed by atoms with Crippen molar-refractivity contribution in [1.82, 2.24) is 5.32 Å². The molecule has 1 fully saturated rings. The lowest BCUT2D eigenvalue weighted by Crippen LogP contribution is -3.29. The molecule has 6 heteroatoms. The molecule has 1 saturated heterocycles. The van der Waals surface area contributed by atoms with Gasteiger partial charge in [-0.25, -0.2) is 0 Å². The summed E-state index contributed by atoms with van der Waals surface area (Å²) in [5, 5.41) is 2.75. The third-order valence-corrected chi connectivity index (χ3v) is 5.53. The van der Waals surface area contributed by atoms with Gasteiger partial charge in [0, 0.05) is 7.05 Å². The number of quaternary nitrogens is 2. The summed E-state index contributed by atoms with van der Waals surface area (Å²) in [6.07, 6.45) is 0. The first-order valence-corrected chi connectivity index (χ1v) is 8.35. The number of halogens is 1. The number of thiophene rings is 1. The smallest absolute Gasteiger partial charge is 0.277 e. The van der Waals surface area contributed by atoms with Crippen LogP contribution in [0.5, 0.6) is 0 Å². The fourth-order valence-corrected chi connectivity index (χ4v) is 4.18. The number of carbonyl (C=O) groups excluding carboxylic acids is 1. The molecule has 0 spiro atoms. The SMILES string of the molecule is CNC(=O)[C@H](C)[NH+]1CC[NH+](Cc2ccc(Br)s2)CC1. The van der Waals surface area contributed by atoms with Gasteiger partial charge in [0.25, 0.3) is 5.91 Å². The van der Waals surface area contributed by atoms with Crippen LogP contribution >= 0.6 is 27.3 Å². The molecule has 1 aliphatic rings. The Morgan fingerprint density at radius 1 is 1.42 bits per heavy atom. The van der Waals surface area contributed by atoms with Crippen LogP contribution in [0.4, 0.5) is 0 Å². The van der Waals surface area contributed by atoms with Crippen LogP contribution in [0.2, 0.25) is 0 Å². The first-order chi connectivity index (χ1) is 9.10. The number of nitrogens with one attached hydrogen (secondary N) is 3. The predicted octanol–water partition coefficient (Wildman–Crippen LogP) is -1.07. The maximum Gasteiger partial charge on any atom is 0.277 e. The molecular formula is C13H22BrN3OS+2. The standard InChI is InChI=1S/C13H20BrN3OS/c1-10(13(18)15-2)17-7-5-16(6-8-17)9-11-3-4-12(14)19-11/h3-4,10H,5-9H2,1-2H3,(H,15,18)/p+2/t10-/m0/s1. The van der Waals surface area contributed by atoms with Gasteiger partial charge in [-0.05, 0) is 35.0 Å². The second kappa shape index (κ2) is 6.83. The van der Waals surface area contributed by atoms with E-state index < -0.39 is 0 Å². The van der Waals surface area contributed by atoms with Gasteiger partial charge >= 0.3 is 0 Å². The van der Waals surface area contributed by atoms with Gasteiger partial charge in [-0.15, -0.1) is 11.3 Å². The van der Waals surface area contributed by atoms with Gasteiger partial charge in [-0.3, -0.25) is 4.79 Å². The molecule has 0 bridgehead atoms. The van der Waals surface area contributed by atoms with E-state index in [4.69, 9.17) is 0 Å². The summed E-state index contributed by atoms with van der Waals surface area (Å²) >= 11 is 5.33. The van der Waals surface area contributed by atoms with E-state index in [0.29, 0.717) is 0 Å². The van der Waals surface area contributed by atoms with Gasteiger partial charge in [0.2, 0.25) is 0 Å². The zero-order chi connectivity index (χ0) is 13.8. The lowest BCUT2D eigenvalue weighted by molar-refractivity contribution is -1.02. The highest BCUT2D eigenvalue weighted by atomic mass is 79.9.